The molecule has 11 heteroatoms. The Morgan fingerprint density at radius 2 is 1.80 bits per heavy atom. The van der Waals surface area contributed by atoms with Gasteiger partial charge < -0.3 is 36.6 Å². The molecule has 5 N–H and O–H groups in total. The van der Waals surface area contributed by atoms with Crippen LogP contribution < -0.4 is 5.32 Å². The van der Waals surface area contributed by atoms with Gasteiger partial charge in [0.25, 0.3) is 0 Å². The van der Waals surface area contributed by atoms with Crippen molar-refractivity contribution in [1.82, 2.24) is 5.32 Å². The van der Waals surface area contributed by atoms with Crippen LogP contribution in [0.4, 0.5) is 0 Å². The van der Waals surface area contributed by atoms with Crippen molar-refractivity contribution in [3.8, 4) is 0 Å². The lowest BCUT2D eigenvalue weighted by molar-refractivity contribution is -0.121. The summed E-state index contributed by atoms with van der Waals surface area (Å²) in [5.41, 5.74) is 0. The van der Waals surface area contributed by atoms with Crippen LogP contribution in [0, 0.1) is 5.92 Å². The zero-order valence-corrected chi connectivity index (χ0v) is 21.7. The summed E-state index contributed by atoms with van der Waals surface area (Å²) >= 11 is 3.05. The van der Waals surface area contributed by atoms with E-state index < -0.39 is 0 Å². The maximum atomic E-state index is 11.6. The Morgan fingerprint density at radius 1 is 1.10 bits per heavy atom. The first-order valence-corrected chi connectivity index (χ1v) is 12.2. The van der Waals surface area contributed by atoms with Gasteiger partial charge in [-0.3, -0.25) is 4.79 Å². The largest absolute Gasteiger partial charge is 0.396 e. The van der Waals surface area contributed by atoms with E-state index in [1.807, 2.05) is 23.0 Å². The highest BCUT2D eigenvalue weighted by Gasteiger charge is 2.33. The van der Waals surface area contributed by atoms with Crippen LogP contribution in [0.3, 0.4) is 0 Å². The number of hydrogen-bond donors (Lipinski definition) is 5. The summed E-state index contributed by atoms with van der Waals surface area (Å²) in [6.45, 7) is 2.57. The van der Waals surface area contributed by atoms with Crippen LogP contribution in [0.2, 0.25) is 0 Å². The second-order valence-electron chi connectivity index (χ2n) is 7.26. The molecule has 0 aromatic carbocycles. The third-order valence-corrected chi connectivity index (χ3v) is 5.13. The van der Waals surface area contributed by atoms with Crippen LogP contribution in [0.15, 0.2) is 0 Å². The third kappa shape index (κ3) is 17.2. The monoisotopic (exact) mass is 661 g/mol. The van der Waals surface area contributed by atoms with E-state index in [1.165, 1.54) is 0 Å². The molecular weight excluding hydrogens is 624 g/mol. The third-order valence-electron chi connectivity index (χ3n) is 4.77. The number of nitrogens with one attached hydrogen (secondary N) is 1. The number of amides is 1. The molecule has 4 atom stereocenters. The van der Waals surface area contributed by atoms with Gasteiger partial charge in [0, 0.05) is 32.1 Å². The number of carbonyl (C=O) groups excluding carboxylic acids is 1. The highest BCUT2D eigenvalue weighted by atomic mass is 127. The second-order valence-corrected chi connectivity index (χ2v) is 7.89. The number of unbranched alkanes of at least 4 members (excludes halogenated alkanes) is 1. The number of aliphatic hydroxyl groups excluding tert-OH is 3. The first-order valence-electron chi connectivity index (χ1n) is 10.4. The van der Waals surface area contributed by atoms with Crippen molar-refractivity contribution in [2.75, 3.05) is 39.6 Å². The Kier molecular flexibility index (Phi) is 22.0. The summed E-state index contributed by atoms with van der Waals surface area (Å²) < 4.78 is 23.0. The Hall–Kier alpha value is 0.650. The second kappa shape index (κ2) is 21.5. The highest BCUT2D eigenvalue weighted by molar-refractivity contribution is 14.1. The molecule has 0 aromatic rings. The number of hydrogen-bond acceptors (Lipinski definition) is 8. The van der Waals surface area contributed by atoms with Gasteiger partial charge in [0.15, 0.2) is 0 Å². The highest BCUT2D eigenvalue weighted by Crippen LogP contribution is 2.28. The van der Waals surface area contributed by atoms with Crippen molar-refractivity contribution in [3.05, 3.63) is 0 Å². The van der Waals surface area contributed by atoms with Crippen LogP contribution in [0.25, 0.3) is 0 Å². The molecule has 2 rings (SSSR count). The first-order chi connectivity index (χ1) is 14.6. The molecule has 1 amide bonds. The van der Waals surface area contributed by atoms with Crippen LogP contribution in [0.1, 0.15) is 51.4 Å². The van der Waals surface area contributed by atoms with Gasteiger partial charge in [0.1, 0.15) is 46.0 Å². The van der Waals surface area contributed by atoms with E-state index in [1.54, 1.807) is 0 Å². The number of carbonyl (C=O) groups is 1. The molecule has 1 heterocycles. The van der Waals surface area contributed by atoms with Crippen molar-refractivity contribution in [2.24, 2.45) is 5.92 Å². The minimum atomic E-state index is -0.185. The van der Waals surface area contributed by atoms with Crippen LogP contribution >= 0.6 is 46.0 Å². The van der Waals surface area contributed by atoms with Crippen molar-refractivity contribution in [2.45, 2.75) is 69.7 Å². The minimum Gasteiger partial charge on any atom is -0.396 e. The summed E-state index contributed by atoms with van der Waals surface area (Å²) in [5, 5.41) is 28.2. The Labute approximate surface area is 207 Å². The van der Waals surface area contributed by atoms with Crippen LogP contribution in [0.5, 0.6) is 0 Å². The maximum Gasteiger partial charge on any atom is 0.219 e. The topological polar surface area (TPSA) is 138 Å². The Balaban J connectivity index is 0.000000880. The molecule has 30 heavy (non-hydrogen) atoms. The van der Waals surface area contributed by atoms with E-state index in [0.717, 1.165) is 68.0 Å². The van der Waals surface area contributed by atoms with Gasteiger partial charge in [-0.2, -0.15) is 0 Å². The molecule has 1 saturated heterocycles. The molecule has 0 spiro atoms. The van der Waals surface area contributed by atoms with Crippen LogP contribution in [-0.2, 0) is 17.3 Å². The van der Waals surface area contributed by atoms with Gasteiger partial charge in [-0.25, -0.2) is 0 Å². The summed E-state index contributed by atoms with van der Waals surface area (Å²) in [6.07, 6.45) is 7.49. The van der Waals surface area contributed by atoms with Gasteiger partial charge in [-0.1, -0.05) is 0 Å². The summed E-state index contributed by atoms with van der Waals surface area (Å²) in [5.74, 6) is 0.315. The predicted molar refractivity (Wildman–Crippen MR) is 129 cm³/mol. The minimum absolute atomic E-state index is 0.0526. The van der Waals surface area contributed by atoms with Gasteiger partial charge in [0.05, 0.1) is 38.1 Å². The van der Waals surface area contributed by atoms with E-state index in [0.29, 0.717) is 38.9 Å². The van der Waals surface area contributed by atoms with E-state index in [-0.39, 0.29) is 37.2 Å². The standard InChI is InChI=1S/C15H28INO5.C4H8O2.HIO/c16-21-12-14-7-6-13(22-14)4-3-8-17-15(19)5-1-2-10-20-11-9-18;5-2-3-1-4(3)6;1-2/h13-14,18H,1-12H2,(H,17,19);3-6H,1-2H2;2H/t13-,14-;;/m0../s1. The zero-order valence-electron chi connectivity index (χ0n) is 17.4. The molecule has 0 bridgehead atoms. The van der Waals surface area contributed by atoms with Gasteiger partial charge >= 0.3 is 0 Å². The average Bonchev–Trinajstić information content (AvgIpc) is 3.31. The smallest absolute Gasteiger partial charge is 0.219 e. The Bertz CT molecular complexity index is 407. The van der Waals surface area contributed by atoms with E-state index >= 15 is 0 Å². The van der Waals surface area contributed by atoms with E-state index in [4.69, 9.17) is 31.3 Å². The first kappa shape index (κ1) is 30.6. The maximum absolute atomic E-state index is 11.6. The molecule has 1 saturated carbocycles. The zero-order chi connectivity index (χ0) is 22.6. The van der Waals surface area contributed by atoms with Gasteiger partial charge in [-0.15, -0.1) is 0 Å². The average molecular weight is 661 g/mol. The molecule has 1 aliphatic heterocycles. The summed E-state index contributed by atoms with van der Waals surface area (Å²) in [4.78, 5) is 11.6. The fourth-order valence-electron chi connectivity index (χ4n) is 2.92. The molecule has 1 aliphatic carbocycles. The lowest BCUT2D eigenvalue weighted by Crippen LogP contribution is -2.25. The summed E-state index contributed by atoms with van der Waals surface area (Å²) in [6, 6.07) is 0. The molecule has 2 unspecified atom stereocenters. The summed E-state index contributed by atoms with van der Waals surface area (Å²) in [7, 11) is 0. The quantitative estimate of drug-likeness (QED) is 0.140. The molecule has 0 aromatic heterocycles. The van der Waals surface area contributed by atoms with Gasteiger partial charge in [0.2, 0.25) is 5.91 Å². The molecular formula is C19H37I2NO8. The molecule has 2 fully saturated rings. The number of rotatable bonds is 14. The van der Waals surface area contributed by atoms with Crippen LogP contribution in [-0.4, -0.2) is 82.6 Å². The number of ether oxygens (including phenoxy) is 2. The van der Waals surface area contributed by atoms with E-state index in [2.05, 4.69) is 5.32 Å². The number of halogens is 2. The lowest BCUT2D eigenvalue weighted by Gasteiger charge is -2.12. The van der Waals surface area contributed by atoms with Crippen molar-refractivity contribution in [3.63, 3.8) is 0 Å². The van der Waals surface area contributed by atoms with Crippen molar-refractivity contribution >= 4 is 51.9 Å². The van der Waals surface area contributed by atoms with Gasteiger partial charge in [-0.05, 0) is 44.9 Å². The Morgan fingerprint density at radius 3 is 2.37 bits per heavy atom. The fourth-order valence-corrected chi connectivity index (χ4v) is 3.32. The molecule has 9 nitrogen and oxygen atoms in total. The molecule has 2 aliphatic rings. The predicted octanol–water partition coefficient (Wildman–Crippen LogP) is 1.66. The number of aliphatic hydroxyl groups is 3. The normalized spacial score (nSPS) is 24.3. The lowest BCUT2D eigenvalue weighted by atomic mass is 10.1. The molecule has 0 radical (unpaired) electrons. The SMILES string of the molecule is O=C(CCCCOCCO)NCCC[C@H]1CC[C@@H](COI)O1.OCC1CC1O.OI. The van der Waals surface area contributed by atoms with Crippen molar-refractivity contribution < 1.29 is 36.1 Å². The fraction of sp³-hybridized carbons (Fsp3) is 0.947. The van der Waals surface area contributed by atoms with Crippen molar-refractivity contribution in [1.29, 1.82) is 0 Å². The molecule has 180 valence electrons. The van der Waals surface area contributed by atoms with E-state index in [9.17, 15) is 4.79 Å².